The molecule has 3 unspecified atom stereocenters. The van der Waals surface area contributed by atoms with E-state index in [-0.39, 0.29) is 17.7 Å². The number of fused-ring (bicyclic) bond motifs is 1. The number of rotatable bonds is 4. The van der Waals surface area contributed by atoms with Gasteiger partial charge >= 0.3 is 0 Å². The second-order valence-electron chi connectivity index (χ2n) is 7.02. The van der Waals surface area contributed by atoms with Crippen LogP contribution in [0.2, 0.25) is 0 Å². The highest BCUT2D eigenvalue weighted by Gasteiger charge is 2.33. The topological polar surface area (TPSA) is 78.4 Å². The molecule has 2 aliphatic rings. The Hall–Kier alpha value is -1.88. The summed E-state index contributed by atoms with van der Waals surface area (Å²) < 4.78 is 0. The van der Waals surface area contributed by atoms with E-state index in [9.17, 15) is 14.7 Å². The number of hydrogen-bond donors (Lipinski definition) is 3. The maximum Gasteiger partial charge on any atom is 0.242 e. The number of benzene rings is 1. The molecular formula is C19H26N2O3. The second-order valence-corrected chi connectivity index (χ2v) is 7.02. The summed E-state index contributed by atoms with van der Waals surface area (Å²) in [6.45, 7) is 1.70. The zero-order valence-electron chi connectivity index (χ0n) is 14.1. The van der Waals surface area contributed by atoms with Crippen LogP contribution in [0.3, 0.4) is 0 Å². The minimum atomic E-state index is -0.618. The van der Waals surface area contributed by atoms with Crippen LogP contribution >= 0.6 is 0 Å². The van der Waals surface area contributed by atoms with Crippen LogP contribution in [0.5, 0.6) is 0 Å². The SMILES string of the molecule is CC(NC(=O)C1CCCCC1)C(=O)NC1c2ccccc2CC1O. The minimum Gasteiger partial charge on any atom is -0.390 e. The molecule has 1 aromatic rings. The van der Waals surface area contributed by atoms with Gasteiger partial charge in [0, 0.05) is 12.3 Å². The van der Waals surface area contributed by atoms with Crippen molar-refractivity contribution in [2.75, 3.05) is 0 Å². The Morgan fingerprint density at radius 3 is 2.62 bits per heavy atom. The van der Waals surface area contributed by atoms with Gasteiger partial charge < -0.3 is 15.7 Å². The van der Waals surface area contributed by atoms with E-state index in [0.717, 1.165) is 36.8 Å². The van der Waals surface area contributed by atoms with E-state index in [4.69, 9.17) is 0 Å². The van der Waals surface area contributed by atoms with Crippen LogP contribution in [0.15, 0.2) is 24.3 Å². The third kappa shape index (κ3) is 3.61. The molecule has 2 amide bonds. The highest BCUT2D eigenvalue weighted by Crippen LogP contribution is 2.31. The predicted octanol–water partition coefficient (Wildman–Crippen LogP) is 1.85. The largest absolute Gasteiger partial charge is 0.390 e. The lowest BCUT2D eigenvalue weighted by molar-refractivity contribution is -0.132. The number of carbonyl (C=O) groups is 2. The first kappa shape index (κ1) is 17.0. The number of aliphatic hydroxyl groups is 1. The predicted molar refractivity (Wildman–Crippen MR) is 91.2 cm³/mol. The summed E-state index contributed by atoms with van der Waals surface area (Å²) in [6.07, 6.45) is 5.12. The summed E-state index contributed by atoms with van der Waals surface area (Å²) in [7, 11) is 0. The van der Waals surface area contributed by atoms with Gasteiger partial charge in [0.05, 0.1) is 12.1 Å². The lowest BCUT2D eigenvalue weighted by atomic mass is 9.88. The first-order valence-electron chi connectivity index (χ1n) is 8.93. The lowest BCUT2D eigenvalue weighted by Gasteiger charge is -2.24. The van der Waals surface area contributed by atoms with Crippen LogP contribution in [0.1, 0.15) is 56.2 Å². The van der Waals surface area contributed by atoms with Crippen molar-refractivity contribution < 1.29 is 14.7 Å². The van der Waals surface area contributed by atoms with Gasteiger partial charge in [0.15, 0.2) is 0 Å². The van der Waals surface area contributed by atoms with Gasteiger partial charge in [0.2, 0.25) is 11.8 Å². The van der Waals surface area contributed by atoms with Crippen molar-refractivity contribution in [3.05, 3.63) is 35.4 Å². The van der Waals surface area contributed by atoms with E-state index in [1.54, 1.807) is 6.92 Å². The number of carbonyl (C=O) groups excluding carboxylic acids is 2. The molecule has 0 aliphatic heterocycles. The number of nitrogens with one attached hydrogen (secondary N) is 2. The van der Waals surface area contributed by atoms with E-state index in [1.165, 1.54) is 6.42 Å². The van der Waals surface area contributed by atoms with Gasteiger partial charge in [-0.15, -0.1) is 0 Å². The van der Waals surface area contributed by atoms with Crippen LogP contribution in [0.4, 0.5) is 0 Å². The Morgan fingerprint density at radius 2 is 1.88 bits per heavy atom. The van der Waals surface area contributed by atoms with E-state index >= 15 is 0 Å². The smallest absolute Gasteiger partial charge is 0.242 e. The fraction of sp³-hybridized carbons (Fsp3) is 0.579. The highest BCUT2D eigenvalue weighted by atomic mass is 16.3. The van der Waals surface area contributed by atoms with E-state index in [1.807, 2.05) is 24.3 Å². The number of amides is 2. The Labute approximate surface area is 142 Å². The van der Waals surface area contributed by atoms with Crippen molar-refractivity contribution in [2.24, 2.45) is 5.92 Å². The third-order valence-corrected chi connectivity index (χ3v) is 5.23. The molecule has 3 atom stereocenters. The molecular weight excluding hydrogens is 304 g/mol. The maximum atomic E-state index is 12.4. The van der Waals surface area contributed by atoms with Crippen LogP contribution in [-0.2, 0) is 16.0 Å². The molecule has 5 heteroatoms. The highest BCUT2D eigenvalue weighted by molar-refractivity contribution is 5.88. The van der Waals surface area contributed by atoms with Gasteiger partial charge in [-0.3, -0.25) is 9.59 Å². The Bertz CT molecular complexity index is 610. The normalized spacial score (nSPS) is 24.9. The van der Waals surface area contributed by atoms with Crippen LogP contribution in [0, 0.1) is 5.92 Å². The lowest BCUT2D eigenvalue weighted by Crippen LogP contribution is -2.48. The molecule has 3 N–H and O–H groups in total. The van der Waals surface area contributed by atoms with Crippen LogP contribution < -0.4 is 10.6 Å². The standard InChI is InChI=1S/C19H26N2O3/c1-12(20-19(24)13-7-3-2-4-8-13)18(23)21-17-15-10-6-5-9-14(15)11-16(17)22/h5-6,9-10,12-13,16-17,22H,2-4,7-8,11H2,1H3,(H,20,24)(H,21,23). The van der Waals surface area contributed by atoms with Crippen LogP contribution in [-0.4, -0.2) is 29.1 Å². The monoisotopic (exact) mass is 330 g/mol. The molecule has 0 bridgehead atoms. The van der Waals surface area contributed by atoms with Gasteiger partial charge in [-0.1, -0.05) is 43.5 Å². The van der Waals surface area contributed by atoms with Gasteiger partial charge in [0.1, 0.15) is 6.04 Å². The molecule has 0 radical (unpaired) electrons. The Morgan fingerprint density at radius 1 is 1.17 bits per heavy atom. The molecule has 0 aromatic heterocycles. The second kappa shape index (κ2) is 7.34. The molecule has 0 spiro atoms. The maximum absolute atomic E-state index is 12.4. The summed E-state index contributed by atoms with van der Waals surface area (Å²) in [6, 6.07) is 6.75. The van der Waals surface area contributed by atoms with E-state index < -0.39 is 18.2 Å². The first-order chi connectivity index (χ1) is 11.6. The van der Waals surface area contributed by atoms with Crippen LogP contribution in [0.25, 0.3) is 0 Å². The van der Waals surface area contributed by atoms with Gasteiger partial charge in [-0.25, -0.2) is 0 Å². The number of hydrogen-bond acceptors (Lipinski definition) is 3. The average molecular weight is 330 g/mol. The van der Waals surface area contributed by atoms with Crippen molar-refractivity contribution in [1.82, 2.24) is 10.6 Å². The zero-order valence-corrected chi connectivity index (χ0v) is 14.1. The van der Waals surface area contributed by atoms with Crippen molar-refractivity contribution >= 4 is 11.8 Å². The molecule has 24 heavy (non-hydrogen) atoms. The number of aliphatic hydroxyl groups excluding tert-OH is 1. The first-order valence-corrected chi connectivity index (χ1v) is 8.93. The molecule has 2 aliphatic carbocycles. The van der Waals surface area contributed by atoms with E-state index in [2.05, 4.69) is 10.6 Å². The van der Waals surface area contributed by atoms with Gasteiger partial charge in [-0.05, 0) is 30.9 Å². The molecule has 1 aromatic carbocycles. The summed E-state index contributed by atoms with van der Waals surface area (Å²) in [4.78, 5) is 24.7. The average Bonchev–Trinajstić information content (AvgIpc) is 2.91. The van der Waals surface area contributed by atoms with Gasteiger partial charge in [-0.2, -0.15) is 0 Å². The fourth-order valence-corrected chi connectivity index (χ4v) is 3.79. The molecule has 130 valence electrons. The van der Waals surface area contributed by atoms with Crippen molar-refractivity contribution in [3.63, 3.8) is 0 Å². The molecule has 0 saturated heterocycles. The van der Waals surface area contributed by atoms with Crippen molar-refractivity contribution in [2.45, 2.75) is 63.6 Å². The van der Waals surface area contributed by atoms with E-state index in [0.29, 0.717) is 6.42 Å². The van der Waals surface area contributed by atoms with Crippen molar-refractivity contribution in [3.8, 4) is 0 Å². The third-order valence-electron chi connectivity index (χ3n) is 5.23. The summed E-state index contributed by atoms with van der Waals surface area (Å²) in [5.74, 6) is -0.239. The quantitative estimate of drug-likeness (QED) is 0.788. The summed E-state index contributed by atoms with van der Waals surface area (Å²) in [5.41, 5.74) is 2.03. The summed E-state index contributed by atoms with van der Waals surface area (Å²) >= 11 is 0. The van der Waals surface area contributed by atoms with Gasteiger partial charge in [0.25, 0.3) is 0 Å². The van der Waals surface area contributed by atoms with Crippen molar-refractivity contribution in [1.29, 1.82) is 0 Å². The zero-order chi connectivity index (χ0) is 17.1. The molecule has 3 rings (SSSR count). The molecule has 1 fully saturated rings. The minimum absolute atomic E-state index is 0.0234. The molecule has 5 nitrogen and oxygen atoms in total. The summed E-state index contributed by atoms with van der Waals surface area (Å²) in [5, 5.41) is 15.9. The molecule has 1 saturated carbocycles. The Balaban J connectivity index is 1.57. The molecule has 0 heterocycles. The fourth-order valence-electron chi connectivity index (χ4n) is 3.79. The Kier molecular flexibility index (Phi) is 5.19.